The van der Waals surface area contributed by atoms with Gasteiger partial charge in [0.2, 0.25) is 0 Å². The van der Waals surface area contributed by atoms with E-state index < -0.39 is 0 Å². The first-order chi connectivity index (χ1) is 7.25. The maximum absolute atomic E-state index is 9.55. The molecular weight excluding hydrogens is 190 g/mol. The molecule has 4 nitrogen and oxygen atoms in total. The van der Waals surface area contributed by atoms with Crippen molar-refractivity contribution in [3.63, 3.8) is 0 Å². The van der Waals surface area contributed by atoms with Crippen molar-refractivity contribution in [1.82, 2.24) is 9.66 Å². The fourth-order valence-corrected chi connectivity index (χ4v) is 1.34. The van der Waals surface area contributed by atoms with E-state index in [9.17, 15) is 5.11 Å². The first kappa shape index (κ1) is 9.58. The summed E-state index contributed by atoms with van der Waals surface area (Å²) in [7, 11) is 0. The fraction of sp³-hybridized carbons (Fsp3) is 0.182. The number of aromatic nitrogens is 2. The summed E-state index contributed by atoms with van der Waals surface area (Å²) in [5.41, 5.74) is 4.66. The third-order valence-electron chi connectivity index (χ3n) is 2.12. The van der Waals surface area contributed by atoms with Crippen LogP contribution in [-0.4, -0.2) is 14.8 Å². The van der Waals surface area contributed by atoms with E-state index in [2.05, 4.69) is 10.4 Å². The fourth-order valence-electron chi connectivity index (χ4n) is 1.34. The molecule has 0 saturated carbocycles. The lowest BCUT2D eigenvalue weighted by Crippen LogP contribution is -2.13. The Kier molecular flexibility index (Phi) is 2.58. The number of aromatic hydroxyl groups is 1. The zero-order valence-electron chi connectivity index (χ0n) is 8.51. The van der Waals surface area contributed by atoms with Crippen molar-refractivity contribution in [3.05, 3.63) is 48.0 Å². The topological polar surface area (TPSA) is 50.1 Å². The highest BCUT2D eigenvalue weighted by atomic mass is 16.3. The summed E-state index contributed by atoms with van der Waals surface area (Å²) in [6, 6.07) is 7.30. The summed E-state index contributed by atoms with van der Waals surface area (Å²) >= 11 is 0. The van der Waals surface area contributed by atoms with Crippen molar-refractivity contribution in [3.8, 4) is 5.75 Å². The van der Waals surface area contributed by atoms with E-state index in [1.807, 2.05) is 36.1 Å². The van der Waals surface area contributed by atoms with E-state index in [1.54, 1.807) is 12.1 Å². The van der Waals surface area contributed by atoms with Crippen molar-refractivity contribution in [2.24, 2.45) is 0 Å². The molecule has 0 bridgehead atoms. The Bertz CT molecular complexity index is 437. The molecule has 0 aromatic carbocycles. The van der Waals surface area contributed by atoms with Crippen molar-refractivity contribution < 1.29 is 5.11 Å². The van der Waals surface area contributed by atoms with Crippen molar-refractivity contribution in [1.29, 1.82) is 0 Å². The van der Waals surface area contributed by atoms with Gasteiger partial charge in [0.15, 0.2) is 0 Å². The molecule has 2 aromatic rings. The van der Waals surface area contributed by atoms with Crippen LogP contribution in [0.25, 0.3) is 0 Å². The number of rotatable bonds is 3. The Morgan fingerprint density at radius 3 is 2.80 bits per heavy atom. The lowest BCUT2D eigenvalue weighted by atomic mass is 10.3. The smallest absolute Gasteiger partial charge is 0.139 e. The Morgan fingerprint density at radius 2 is 2.07 bits per heavy atom. The largest absolute Gasteiger partial charge is 0.506 e. The van der Waals surface area contributed by atoms with E-state index in [4.69, 9.17) is 0 Å². The Balaban J connectivity index is 2.07. The van der Waals surface area contributed by atoms with Crippen LogP contribution in [0.2, 0.25) is 0 Å². The van der Waals surface area contributed by atoms with Crippen LogP contribution in [0.15, 0.2) is 36.7 Å². The molecule has 78 valence electrons. The maximum atomic E-state index is 9.55. The van der Waals surface area contributed by atoms with Gasteiger partial charge < -0.3 is 10.5 Å². The van der Waals surface area contributed by atoms with Gasteiger partial charge in [-0.2, -0.15) is 0 Å². The van der Waals surface area contributed by atoms with Crippen molar-refractivity contribution >= 4 is 0 Å². The summed E-state index contributed by atoms with van der Waals surface area (Å²) in [6.45, 7) is 2.40. The monoisotopic (exact) mass is 203 g/mol. The van der Waals surface area contributed by atoms with Gasteiger partial charge in [0.1, 0.15) is 11.4 Å². The molecule has 2 aromatic heterocycles. The average molecular weight is 203 g/mol. The minimum Gasteiger partial charge on any atom is -0.506 e. The first-order valence-electron chi connectivity index (χ1n) is 4.78. The minimum absolute atomic E-state index is 0.222. The molecule has 2 rings (SSSR count). The molecule has 0 atom stereocenters. The van der Waals surface area contributed by atoms with E-state index in [0.717, 1.165) is 5.69 Å². The lowest BCUT2D eigenvalue weighted by molar-refractivity contribution is 0.463. The van der Waals surface area contributed by atoms with E-state index in [0.29, 0.717) is 12.2 Å². The molecule has 0 aliphatic carbocycles. The second-order valence-corrected chi connectivity index (χ2v) is 3.34. The third kappa shape index (κ3) is 2.28. The molecule has 0 aliphatic rings. The van der Waals surface area contributed by atoms with Gasteiger partial charge in [-0.3, -0.25) is 9.66 Å². The summed E-state index contributed by atoms with van der Waals surface area (Å²) in [5.74, 6) is 0.222. The highest BCUT2D eigenvalue weighted by molar-refractivity contribution is 5.28. The van der Waals surface area contributed by atoms with Gasteiger partial charge in [0.05, 0.1) is 6.54 Å². The summed E-state index contributed by atoms with van der Waals surface area (Å²) in [6.07, 6.45) is 3.79. The van der Waals surface area contributed by atoms with Gasteiger partial charge in [0, 0.05) is 18.1 Å². The predicted molar refractivity (Wildman–Crippen MR) is 58.1 cm³/mol. The molecule has 2 heterocycles. The van der Waals surface area contributed by atoms with Crippen LogP contribution in [0, 0.1) is 6.92 Å². The van der Waals surface area contributed by atoms with E-state index in [-0.39, 0.29) is 5.75 Å². The van der Waals surface area contributed by atoms with Crippen LogP contribution in [0.3, 0.4) is 0 Å². The number of hydrogen-bond donors (Lipinski definition) is 2. The first-order valence-corrected chi connectivity index (χ1v) is 4.78. The normalized spacial score (nSPS) is 10.2. The van der Waals surface area contributed by atoms with Crippen LogP contribution in [0.1, 0.15) is 11.4 Å². The Labute approximate surface area is 88.2 Å². The number of pyridine rings is 1. The highest BCUT2D eigenvalue weighted by Crippen LogP contribution is 2.14. The maximum Gasteiger partial charge on any atom is 0.139 e. The second kappa shape index (κ2) is 4.04. The molecule has 15 heavy (non-hydrogen) atoms. The molecule has 0 fully saturated rings. The number of nitrogens with one attached hydrogen (secondary N) is 1. The number of nitrogens with zero attached hydrogens (tertiary/aromatic N) is 2. The van der Waals surface area contributed by atoms with Gasteiger partial charge in [-0.25, -0.2) is 0 Å². The zero-order chi connectivity index (χ0) is 10.7. The number of hydrogen-bond acceptors (Lipinski definition) is 3. The van der Waals surface area contributed by atoms with Gasteiger partial charge in [-0.15, -0.1) is 0 Å². The van der Waals surface area contributed by atoms with Crippen LogP contribution in [0.4, 0.5) is 0 Å². The van der Waals surface area contributed by atoms with Gasteiger partial charge in [-0.05, 0) is 31.2 Å². The van der Waals surface area contributed by atoms with Crippen molar-refractivity contribution in [2.75, 3.05) is 5.43 Å². The van der Waals surface area contributed by atoms with Crippen molar-refractivity contribution in [2.45, 2.75) is 13.5 Å². The second-order valence-electron chi connectivity index (χ2n) is 3.34. The summed E-state index contributed by atoms with van der Waals surface area (Å²) in [4.78, 5) is 4.25. The molecule has 0 amide bonds. The molecule has 0 unspecified atom stereocenters. The van der Waals surface area contributed by atoms with E-state index >= 15 is 0 Å². The van der Waals surface area contributed by atoms with E-state index in [1.165, 1.54) is 0 Å². The quantitative estimate of drug-likeness (QED) is 0.797. The lowest BCUT2D eigenvalue weighted by Gasteiger charge is -2.08. The summed E-state index contributed by atoms with van der Waals surface area (Å²) in [5, 5.41) is 9.55. The SMILES string of the molecule is Cc1ccc(O)c(CNn2cccc2)n1. The molecule has 0 aliphatic heterocycles. The van der Waals surface area contributed by atoms with Crippen LogP contribution in [0.5, 0.6) is 5.75 Å². The average Bonchev–Trinajstić information content (AvgIpc) is 2.72. The molecule has 0 saturated heterocycles. The standard InChI is InChI=1S/C11H13N3O/c1-9-4-5-11(15)10(13-9)8-12-14-6-2-3-7-14/h2-7,12,15H,8H2,1H3. The van der Waals surface area contributed by atoms with Crippen LogP contribution in [-0.2, 0) is 6.54 Å². The third-order valence-corrected chi connectivity index (χ3v) is 2.12. The zero-order valence-corrected chi connectivity index (χ0v) is 8.51. The van der Waals surface area contributed by atoms with Gasteiger partial charge in [-0.1, -0.05) is 0 Å². The number of aryl methyl sites for hydroxylation is 1. The minimum atomic E-state index is 0.222. The molecule has 4 heteroatoms. The molecular formula is C11H13N3O. The molecule has 2 N–H and O–H groups in total. The van der Waals surface area contributed by atoms with Crippen LogP contribution >= 0.6 is 0 Å². The van der Waals surface area contributed by atoms with Gasteiger partial charge in [0.25, 0.3) is 0 Å². The summed E-state index contributed by atoms with van der Waals surface area (Å²) < 4.78 is 1.82. The Morgan fingerprint density at radius 1 is 1.33 bits per heavy atom. The Hall–Kier alpha value is -1.97. The van der Waals surface area contributed by atoms with Crippen LogP contribution < -0.4 is 5.43 Å². The van der Waals surface area contributed by atoms with Gasteiger partial charge >= 0.3 is 0 Å². The molecule has 0 spiro atoms. The molecule has 0 radical (unpaired) electrons. The predicted octanol–water partition coefficient (Wildman–Crippen LogP) is 1.64. The highest BCUT2D eigenvalue weighted by Gasteiger charge is 2.02.